The third kappa shape index (κ3) is 4.48. The summed E-state index contributed by atoms with van der Waals surface area (Å²) in [5.74, 6) is -1.29. The van der Waals surface area contributed by atoms with E-state index in [0.717, 1.165) is 9.87 Å². The first-order valence-corrected chi connectivity index (χ1v) is 11.8. The molecule has 0 aliphatic carbocycles. The SMILES string of the molecule is C/C(=N\NC(=O)C1=C(O)c2ccccc2S(=O)(=O)N1Cc1ccccc1)c1ccc(Cl)cc1. The summed E-state index contributed by atoms with van der Waals surface area (Å²) in [7, 11) is -4.11. The lowest BCUT2D eigenvalue weighted by atomic mass is 10.1. The van der Waals surface area contributed by atoms with Gasteiger partial charge in [-0.05, 0) is 42.3 Å². The standard InChI is InChI=1S/C24H20ClN3O4S/c1-16(18-11-13-19(25)14-12-18)26-27-24(30)22-23(29)20-9-5-6-10-21(20)33(31,32)28(22)15-17-7-3-2-4-8-17/h2-14,29H,15H2,1H3,(H,27,30)/b26-16+. The minimum atomic E-state index is -4.11. The predicted octanol–water partition coefficient (Wildman–Crippen LogP) is 4.31. The molecule has 1 amide bonds. The van der Waals surface area contributed by atoms with E-state index in [1.54, 1.807) is 73.7 Å². The number of carbonyl (C=O) groups excluding carboxylic acids is 1. The second kappa shape index (κ2) is 9.09. The second-order valence-electron chi connectivity index (χ2n) is 7.34. The molecule has 7 nitrogen and oxygen atoms in total. The summed E-state index contributed by atoms with van der Waals surface area (Å²) < 4.78 is 27.7. The van der Waals surface area contributed by atoms with Crippen LogP contribution in [0.15, 0.2) is 94.6 Å². The Morgan fingerprint density at radius 2 is 1.64 bits per heavy atom. The average Bonchev–Trinajstić information content (AvgIpc) is 2.82. The molecule has 168 valence electrons. The normalized spacial score (nSPS) is 15.2. The Balaban J connectivity index is 1.74. The molecule has 3 aromatic rings. The number of amides is 1. The van der Waals surface area contributed by atoms with Crippen LogP contribution < -0.4 is 5.43 Å². The topological polar surface area (TPSA) is 99.1 Å². The van der Waals surface area contributed by atoms with Gasteiger partial charge in [0.25, 0.3) is 15.9 Å². The first-order valence-electron chi connectivity index (χ1n) is 9.99. The van der Waals surface area contributed by atoms with Crippen molar-refractivity contribution in [1.82, 2.24) is 9.73 Å². The largest absolute Gasteiger partial charge is 0.505 e. The molecule has 0 fully saturated rings. The monoisotopic (exact) mass is 481 g/mol. The first-order chi connectivity index (χ1) is 15.8. The Bertz CT molecular complexity index is 1370. The number of aliphatic hydroxyl groups is 1. The van der Waals surface area contributed by atoms with Crippen molar-refractivity contribution < 1.29 is 18.3 Å². The van der Waals surface area contributed by atoms with E-state index >= 15 is 0 Å². The molecule has 0 unspecified atom stereocenters. The first kappa shape index (κ1) is 22.6. The molecule has 9 heteroatoms. The molecular weight excluding hydrogens is 462 g/mol. The van der Waals surface area contributed by atoms with Gasteiger partial charge in [0.15, 0.2) is 11.5 Å². The fraction of sp³-hybridized carbons (Fsp3) is 0.0833. The lowest BCUT2D eigenvalue weighted by Gasteiger charge is -2.31. The Labute approximate surface area is 196 Å². The minimum absolute atomic E-state index is 0.0605. The van der Waals surface area contributed by atoms with Crippen LogP contribution in [0.25, 0.3) is 5.76 Å². The van der Waals surface area contributed by atoms with Crippen LogP contribution in [0.4, 0.5) is 0 Å². The van der Waals surface area contributed by atoms with Gasteiger partial charge in [0.05, 0.1) is 17.2 Å². The van der Waals surface area contributed by atoms with E-state index in [0.29, 0.717) is 16.3 Å². The fourth-order valence-electron chi connectivity index (χ4n) is 3.45. The fourth-order valence-corrected chi connectivity index (χ4v) is 5.23. The highest BCUT2D eigenvalue weighted by atomic mass is 35.5. The van der Waals surface area contributed by atoms with E-state index in [2.05, 4.69) is 10.5 Å². The van der Waals surface area contributed by atoms with Gasteiger partial charge in [0.2, 0.25) is 0 Å². The highest BCUT2D eigenvalue weighted by Gasteiger charge is 2.40. The number of benzene rings is 3. The number of nitrogens with one attached hydrogen (secondary N) is 1. The summed E-state index contributed by atoms with van der Waals surface area (Å²) in [6, 6.07) is 21.7. The van der Waals surface area contributed by atoms with Crippen LogP contribution in [0, 0.1) is 0 Å². The van der Waals surface area contributed by atoms with Crippen LogP contribution in [0.5, 0.6) is 0 Å². The zero-order chi connectivity index (χ0) is 23.6. The number of aliphatic hydroxyl groups excluding tert-OH is 1. The summed E-state index contributed by atoms with van der Waals surface area (Å²) in [6.07, 6.45) is 0. The zero-order valence-corrected chi connectivity index (χ0v) is 19.1. The number of rotatable bonds is 5. The van der Waals surface area contributed by atoms with Gasteiger partial charge in [-0.25, -0.2) is 13.8 Å². The van der Waals surface area contributed by atoms with Crippen LogP contribution in [0.2, 0.25) is 5.02 Å². The number of hydrazone groups is 1. The van der Waals surface area contributed by atoms with Gasteiger partial charge in [0.1, 0.15) is 0 Å². The predicted molar refractivity (Wildman–Crippen MR) is 127 cm³/mol. The molecule has 33 heavy (non-hydrogen) atoms. The Morgan fingerprint density at radius 3 is 2.33 bits per heavy atom. The molecule has 1 aliphatic heterocycles. The van der Waals surface area contributed by atoms with E-state index in [1.165, 1.54) is 12.1 Å². The molecule has 4 rings (SSSR count). The number of fused-ring (bicyclic) bond motifs is 1. The van der Waals surface area contributed by atoms with Crippen molar-refractivity contribution in [2.45, 2.75) is 18.4 Å². The molecule has 0 saturated carbocycles. The zero-order valence-electron chi connectivity index (χ0n) is 17.6. The van der Waals surface area contributed by atoms with Gasteiger partial charge in [-0.15, -0.1) is 0 Å². The van der Waals surface area contributed by atoms with Crippen LogP contribution >= 0.6 is 11.6 Å². The number of hydrogen-bond acceptors (Lipinski definition) is 5. The molecule has 0 saturated heterocycles. The average molecular weight is 482 g/mol. The van der Waals surface area contributed by atoms with Gasteiger partial charge in [-0.2, -0.15) is 5.10 Å². The molecule has 0 bridgehead atoms. The maximum absolute atomic E-state index is 13.4. The van der Waals surface area contributed by atoms with E-state index in [-0.39, 0.29) is 17.0 Å². The molecule has 1 heterocycles. The molecule has 0 radical (unpaired) electrons. The van der Waals surface area contributed by atoms with E-state index in [4.69, 9.17) is 11.6 Å². The van der Waals surface area contributed by atoms with Crippen molar-refractivity contribution in [3.63, 3.8) is 0 Å². The number of halogens is 1. The Hall–Kier alpha value is -3.62. The van der Waals surface area contributed by atoms with E-state index in [9.17, 15) is 18.3 Å². The van der Waals surface area contributed by atoms with Gasteiger partial charge >= 0.3 is 0 Å². The molecule has 0 spiro atoms. The molecule has 3 aromatic carbocycles. The molecule has 0 atom stereocenters. The van der Waals surface area contributed by atoms with E-state index < -0.39 is 27.4 Å². The lowest BCUT2D eigenvalue weighted by Crippen LogP contribution is -2.40. The van der Waals surface area contributed by atoms with Crippen molar-refractivity contribution in [3.8, 4) is 0 Å². The van der Waals surface area contributed by atoms with Crippen LogP contribution in [-0.4, -0.2) is 29.4 Å². The third-order valence-corrected chi connectivity index (χ3v) is 7.21. The van der Waals surface area contributed by atoms with Crippen molar-refractivity contribution >= 4 is 39.0 Å². The molecule has 1 aliphatic rings. The van der Waals surface area contributed by atoms with Crippen molar-refractivity contribution in [1.29, 1.82) is 0 Å². The summed E-state index contributed by atoms with van der Waals surface area (Å²) in [4.78, 5) is 13.1. The highest BCUT2D eigenvalue weighted by molar-refractivity contribution is 7.89. The Morgan fingerprint density at radius 1 is 1.00 bits per heavy atom. The number of carbonyl (C=O) groups is 1. The maximum Gasteiger partial charge on any atom is 0.292 e. The van der Waals surface area contributed by atoms with Crippen molar-refractivity contribution in [2.75, 3.05) is 0 Å². The summed E-state index contributed by atoms with van der Waals surface area (Å²) >= 11 is 5.91. The quantitative estimate of drug-likeness (QED) is 0.419. The third-order valence-electron chi connectivity index (χ3n) is 5.16. The minimum Gasteiger partial charge on any atom is -0.505 e. The van der Waals surface area contributed by atoms with E-state index in [1.807, 2.05) is 0 Å². The molecule has 0 aromatic heterocycles. The van der Waals surface area contributed by atoms with Gasteiger partial charge in [-0.1, -0.05) is 66.2 Å². The summed E-state index contributed by atoms with van der Waals surface area (Å²) in [5.41, 5.74) is 3.89. The number of nitrogens with zero attached hydrogens (tertiary/aromatic N) is 2. The summed E-state index contributed by atoms with van der Waals surface area (Å²) in [6.45, 7) is 1.55. The van der Waals surface area contributed by atoms with Gasteiger partial charge < -0.3 is 5.11 Å². The van der Waals surface area contributed by atoms with Crippen LogP contribution in [0.3, 0.4) is 0 Å². The van der Waals surface area contributed by atoms with Crippen molar-refractivity contribution in [2.24, 2.45) is 5.10 Å². The maximum atomic E-state index is 13.4. The van der Waals surface area contributed by atoms with Crippen molar-refractivity contribution in [3.05, 3.63) is 106 Å². The Kier molecular flexibility index (Phi) is 6.22. The highest BCUT2D eigenvalue weighted by Crippen LogP contribution is 2.36. The number of sulfonamides is 1. The van der Waals surface area contributed by atoms with Gasteiger partial charge in [-0.3, -0.25) is 9.10 Å². The smallest absolute Gasteiger partial charge is 0.292 e. The van der Waals surface area contributed by atoms with Crippen LogP contribution in [-0.2, 0) is 21.4 Å². The molecular formula is C24H20ClN3O4S. The summed E-state index contributed by atoms with van der Waals surface area (Å²) in [5, 5.41) is 15.6. The molecule has 2 N–H and O–H groups in total. The van der Waals surface area contributed by atoms with Crippen LogP contribution in [0.1, 0.15) is 23.6 Å². The number of hydrogen-bond donors (Lipinski definition) is 2. The van der Waals surface area contributed by atoms with Gasteiger partial charge in [0, 0.05) is 10.6 Å². The lowest BCUT2D eigenvalue weighted by molar-refractivity contribution is -0.118. The second-order valence-corrected chi connectivity index (χ2v) is 9.60.